The van der Waals surface area contributed by atoms with Gasteiger partial charge < -0.3 is 10.4 Å². The summed E-state index contributed by atoms with van der Waals surface area (Å²) in [4.78, 5) is 25.0. The summed E-state index contributed by atoms with van der Waals surface area (Å²) in [6.07, 6.45) is -0.255. The molecular weight excluding hydrogens is 286 g/mol. The Labute approximate surface area is 126 Å². The molecular formula is C16H13NO3S. The molecule has 0 saturated carbocycles. The van der Waals surface area contributed by atoms with Crippen LogP contribution in [0, 0.1) is 0 Å². The maximum atomic E-state index is 12.2. The van der Waals surface area contributed by atoms with Crippen molar-refractivity contribution in [3.05, 3.63) is 60.2 Å². The van der Waals surface area contributed by atoms with Crippen molar-refractivity contribution in [1.82, 2.24) is 0 Å². The first-order chi connectivity index (χ1) is 10.1. The van der Waals surface area contributed by atoms with Gasteiger partial charge in [-0.05, 0) is 18.2 Å². The molecule has 21 heavy (non-hydrogen) atoms. The Balaban J connectivity index is 1.81. The SMILES string of the molecule is O=C(C[C@]1(O)C(=O)Nc2ccccc21)Sc1ccccc1. The van der Waals surface area contributed by atoms with Gasteiger partial charge in [-0.25, -0.2) is 0 Å². The summed E-state index contributed by atoms with van der Waals surface area (Å²) in [5.74, 6) is -0.550. The van der Waals surface area contributed by atoms with E-state index < -0.39 is 11.5 Å². The number of rotatable bonds is 3. The van der Waals surface area contributed by atoms with Crippen molar-refractivity contribution < 1.29 is 14.7 Å². The van der Waals surface area contributed by atoms with Crippen LogP contribution in [0.4, 0.5) is 5.69 Å². The molecule has 0 saturated heterocycles. The highest BCUT2D eigenvalue weighted by molar-refractivity contribution is 8.13. The Bertz CT molecular complexity index is 702. The summed E-state index contributed by atoms with van der Waals surface area (Å²) in [7, 11) is 0. The van der Waals surface area contributed by atoms with Crippen LogP contribution in [0.25, 0.3) is 0 Å². The minimum absolute atomic E-state index is 0.254. The molecule has 0 bridgehead atoms. The Morgan fingerprint density at radius 3 is 2.52 bits per heavy atom. The number of benzene rings is 2. The van der Waals surface area contributed by atoms with Crippen molar-refractivity contribution in [2.45, 2.75) is 16.9 Å². The molecule has 106 valence electrons. The summed E-state index contributed by atoms with van der Waals surface area (Å²) in [5.41, 5.74) is -0.769. The van der Waals surface area contributed by atoms with Gasteiger partial charge >= 0.3 is 0 Å². The van der Waals surface area contributed by atoms with Gasteiger partial charge in [0.2, 0.25) is 0 Å². The summed E-state index contributed by atoms with van der Waals surface area (Å²) in [6.45, 7) is 0. The molecule has 5 heteroatoms. The molecule has 3 rings (SSSR count). The van der Waals surface area contributed by atoms with Gasteiger partial charge in [0.25, 0.3) is 5.91 Å². The topological polar surface area (TPSA) is 66.4 Å². The molecule has 1 heterocycles. The maximum absolute atomic E-state index is 12.2. The molecule has 4 nitrogen and oxygen atoms in total. The first kappa shape index (κ1) is 13.9. The van der Waals surface area contributed by atoms with Gasteiger partial charge in [-0.1, -0.05) is 48.2 Å². The lowest BCUT2D eigenvalue weighted by Gasteiger charge is -2.19. The van der Waals surface area contributed by atoms with Gasteiger partial charge in [-0.15, -0.1) is 0 Å². The first-order valence-corrected chi connectivity index (χ1v) is 7.30. The molecule has 1 aliphatic rings. The predicted molar refractivity (Wildman–Crippen MR) is 80.9 cm³/mol. The van der Waals surface area contributed by atoms with Crippen molar-refractivity contribution in [2.75, 3.05) is 5.32 Å². The van der Waals surface area contributed by atoms with Gasteiger partial charge in [0.15, 0.2) is 10.7 Å². The summed E-state index contributed by atoms with van der Waals surface area (Å²) >= 11 is 1.03. The minimum atomic E-state index is -1.78. The Morgan fingerprint density at radius 2 is 1.76 bits per heavy atom. The van der Waals surface area contributed by atoms with Crippen molar-refractivity contribution in [2.24, 2.45) is 0 Å². The number of carbonyl (C=O) groups excluding carboxylic acids is 2. The number of hydrogen-bond acceptors (Lipinski definition) is 4. The number of para-hydroxylation sites is 1. The third-order valence-corrected chi connectivity index (χ3v) is 4.25. The van der Waals surface area contributed by atoms with E-state index in [0.29, 0.717) is 11.3 Å². The number of nitrogens with one attached hydrogen (secondary N) is 1. The lowest BCUT2D eigenvalue weighted by atomic mass is 9.92. The fraction of sp³-hybridized carbons (Fsp3) is 0.125. The predicted octanol–water partition coefficient (Wildman–Crippen LogP) is 2.54. The number of thioether (sulfide) groups is 1. The highest BCUT2D eigenvalue weighted by Crippen LogP contribution is 2.39. The second-order valence-corrected chi connectivity index (χ2v) is 5.95. The molecule has 1 aliphatic heterocycles. The fourth-order valence-corrected chi connectivity index (χ4v) is 3.18. The maximum Gasteiger partial charge on any atom is 0.261 e. The number of fused-ring (bicyclic) bond motifs is 1. The van der Waals surface area contributed by atoms with Gasteiger partial charge in [-0.2, -0.15) is 0 Å². The minimum Gasteiger partial charge on any atom is -0.375 e. The van der Waals surface area contributed by atoms with Crippen molar-refractivity contribution >= 4 is 28.5 Å². The van der Waals surface area contributed by atoms with Crippen molar-refractivity contribution in [3.63, 3.8) is 0 Å². The van der Waals surface area contributed by atoms with E-state index in [4.69, 9.17) is 0 Å². The summed E-state index contributed by atoms with van der Waals surface area (Å²) in [6, 6.07) is 16.0. The highest BCUT2D eigenvalue weighted by atomic mass is 32.2. The number of anilines is 1. The van der Waals surface area contributed by atoms with E-state index in [9.17, 15) is 14.7 Å². The molecule has 1 amide bonds. The molecule has 0 unspecified atom stereocenters. The Morgan fingerprint density at radius 1 is 1.10 bits per heavy atom. The molecule has 2 N–H and O–H groups in total. The number of carbonyl (C=O) groups is 2. The van der Waals surface area contributed by atoms with Crippen LogP contribution >= 0.6 is 11.8 Å². The molecule has 0 aromatic heterocycles. The summed E-state index contributed by atoms with van der Waals surface area (Å²) in [5, 5.41) is 13.0. The van der Waals surface area contributed by atoms with E-state index in [1.54, 1.807) is 24.3 Å². The van der Waals surface area contributed by atoms with Gasteiger partial charge in [0, 0.05) is 16.1 Å². The van der Waals surface area contributed by atoms with E-state index in [0.717, 1.165) is 16.7 Å². The lowest BCUT2D eigenvalue weighted by Crippen LogP contribution is -2.35. The third-order valence-electron chi connectivity index (χ3n) is 3.37. The molecule has 0 fully saturated rings. The van der Waals surface area contributed by atoms with Crippen LogP contribution < -0.4 is 5.32 Å². The molecule has 0 spiro atoms. The van der Waals surface area contributed by atoms with Crippen LogP contribution in [0.5, 0.6) is 0 Å². The van der Waals surface area contributed by atoms with Crippen molar-refractivity contribution in [1.29, 1.82) is 0 Å². The molecule has 2 aromatic carbocycles. The molecule has 0 radical (unpaired) electrons. The molecule has 1 atom stereocenters. The van der Waals surface area contributed by atoms with E-state index in [1.807, 2.05) is 30.3 Å². The van der Waals surface area contributed by atoms with Crippen LogP contribution in [0.2, 0.25) is 0 Å². The number of amides is 1. The highest BCUT2D eigenvalue weighted by Gasteiger charge is 2.46. The van der Waals surface area contributed by atoms with Gasteiger partial charge in [0.1, 0.15) is 0 Å². The van der Waals surface area contributed by atoms with Crippen LogP contribution in [0.3, 0.4) is 0 Å². The van der Waals surface area contributed by atoms with E-state index in [2.05, 4.69) is 5.32 Å². The largest absolute Gasteiger partial charge is 0.375 e. The standard InChI is InChI=1S/C16H13NO3S/c18-14(21-11-6-2-1-3-7-11)10-16(20)12-8-4-5-9-13(12)17-15(16)19/h1-9,20H,10H2,(H,17,19)/t16-/m1/s1. The van der Waals surface area contributed by atoms with E-state index in [1.165, 1.54) is 0 Å². The quantitative estimate of drug-likeness (QED) is 0.855. The third kappa shape index (κ3) is 2.57. The van der Waals surface area contributed by atoms with E-state index in [-0.39, 0.29) is 11.5 Å². The van der Waals surface area contributed by atoms with E-state index >= 15 is 0 Å². The number of aliphatic hydroxyl groups is 1. The second kappa shape index (κ2) is 5.35. The molecule has 0 aliphatic carbocycles. The smallest absolute Gasteiger partial charge is 0.261 e. The average molecular weight is 299 g/mol. The van der Waals surface area contributed by atoms with Crippen LogP contribution in [-0.4, -0.2) is 16.1 Å². The monoisotopic (exact) mass is 299 g/mol. The first-order valence-electron chi connectivity index (χ1n) is 6.49. The van der Waals surface area contributed by atoms with Gasteiger partial charge in [0.05, 0.1) is 6.42 Å². The zero-order chi connectivity index (χ0) is 14.9. The Hall–Kier alpha value is -2.11. The average Bonchev–Trinajstić information content (AvgIpc) is 2.72. The fourth-order valence-electron chi connectivity index (χ4n) is 2.34. The summed E-state index contributed by atoms with van der Waals surface area (Å²) < 4.78 is 0. The molecule has 2 aromatic rings. The zero-order valence-electron chi connectivity index (χ0n) is 11.1. The zero-order valence-corrected chi connectivity index (χ0v) is 11.9. The number of hydrogen-bond donors (Lipinski definition) is 2. The van der Waals surface area contributed by atoms with Gasteiger partial charge in [-0.3, -0.25) is 9.59 Å². The second-order valence-electron chi connectivity index (χ2n) is 4.82. The van der Waals surface area contributed by atoms with Crippen LogP contribution in [-0.2, 0) is 15.2 Å². The normalized spacial score (nSPS) is 20.0. The van der Waals surface area contributed by atoms with Crippen LogP contribution in [0.1, 0.15) is 12.0 Å². The Kier molecular flexibility index (Phi) is 3.53. The van der Waals surface area contributed by atoms with Crippen molar-refractivity contribution in [3.8, 4) is 0 Å². The lowest BCUT2D eigenvalue weighted by molar-refractivity contribution is -0.137. The van der Waals surface area contributed by atoms with Crippen LogP contribution in [0.15, 0.2) is 59.5 Å².